The molecule has 4 rings (SSSR count). The number of aryl methyl sites for hydroxylation is 4. The van der Waals surface area contributed by atoms with E-state index in [0.717, 1.165) is 52.7 Å². The summed E-state index contributed by atoms with van der Waals surface area (Å²) in [6.07, 6.45) is 9.42. The summed E-state index contributed by atoms with van der Waals surface area (Å²) in [7, 11) is 0. The van der Waals surface area contributed by atoms with Crippen LogP contribution in [0.2, 0.25) is 0 Å². The molecule has 1 N–H and O–H groups in total. The molecule has 1 aliphatic carbocycles. The Balaban J connectivity index is 1.88. The summed E-state index contributed by atoms with van der Waals surface area (Å²) < 4.78 is 1.69. The van der Waals surface area contributed by atoms with E-state index in [1.54, 1.807) is 15.9 Å². The molecule has 0 atom stereocenters. The maximum absolute atomic E-state index is 13.8. The Morgan fingerprint density at radius 1 is 1.33 bits per heavy atom. The monoisotopic (exact) mass is 437 g/mol. The highest BCUT2D eigenvalue weighted by Crippen LogP contribution is 2.35. The standard InChI is InChI=1S/C23H23N3O2S2/c1-4-11-24-19(27)13-29-23-25-21-20(16-7-5-6-8-18(16)30-21)22(28)26(23)17-12-14(2)9-10-15(17)3/h1,9-10,12H,5-8,11,13H2,2-3H3,(H,24,27). The second-order valence-electron chi connectivity index (χ2n) is 7.49. The molecule has 0 fully saturated rings. The first-order chi connectivity index (χ1) is 14.5. The third-order valence-electron chi connectivity index (χ3n) is 5.28. The molecule has 0 bridgehead atoms. The molecule has 3 aromatic rings. The predicted octanol–water partition coefficient (Wildman–Crippen LogP) is 3.78. The highest BCUT2D eigenvalue weighted by atomic mass is 32.2. The van der Waals surface area contributed by atoms with Crippen molar-refractivity contribution in [3.05, 3.63) is 50.1 Å². The zero-order valence-electron chi connectivity index (χ0n) is 17.1. The van der Waals surface area contributed by atoms with Crippen molar-refractivity contribution in [1.82, 2.24) is 14.9 Å². The van der Waals surface area contributed by atoms with Crippen LogP contribution in [0.1, 0.15) is 34.4 Å². The number of nitrogens with zero attached hydrogens (tertiary/aromatic N) is 2. The first-order valence-corrected chi connectivity index (χ1v) is 11.8. The van der Waals surface area contributed by atoms with Crippen molar-refractivity contribution in [1.29, 1.82) is 0 Å². The van der Waals surface area contributed by atoms with E-state index in [1.165, 1.54) is 22.2 Å². The molecule has 154 valence electrons. The molecule has 1 aliphatic rings. The van der Waals surface area contributed by atoms with Crippen LogP contribution >= 0.6 is 23.1 Å². The summed E-state index contributed by atoms with van der Waals surface area (Å²) in [6, 6.07) is 6.05. The van der Waals surface area contributed by atoms with E-state index in [4.69, 9.17) is 11.4 Å². The minimum absolute atomic E-state index is 0.0420. The lowest BCUT2D eigenvalue weighted by molar-refractivity contribution is -0.118. The molecule has 0 unspecified atom stereocenters. The second kappa shape index (κ2) is 8.66. The Kier molecular flexibility index (Phi) is 5.98. The van der Waals surface area contributed by atoms with Gasteiger partial charge in [0.25, 0.3) is 5.56 Å². The van der Waals surface area contributed by atoms with Crippen LogP contribution in [-0.4, -0.2) is 27.8 Å². The number of hydrogen-bond donors (Lipinski definition) is 1. The van der Waals surface area contributed by atoms with Crippen molar-refractivity contribution >= 4 is 39.2 Å². The number of carbonyl (C=O) groups is 1. The van der Waals surface area contributed by atoms with Gasteiger partial charge in [0.2, 0.25) is 5.91 Å². The van der Waals surface area contributed by atoms with Crippen molar-refractivity contribution < 1.29 is 4.79 Å². The Morgan fingerprint density at radius 3 is 2.93 bits per heavy atom. The van der Waals surface area contributed by atoms with Crippen LogP contribution in [0, 0.1) is 26.2 Å². The van der Waals surface area contributed by atoms with Crippen molar-refractivity contribution in [2.45, 2.75) is 44.7 Å². The van der Waals surface area contributed by atoms with Crippen LogP contribution in [0.5, 0.6) is 0 Å². The van der Waals surface area contributed by atoms with Gasteiger partial charge in [-0.05, 0) is 62.3 Å². The van der Waals surface area contributed by atoms with E-state index in [2.05, 4.69) is 11.2 Å². The quantitative estimate of drug-likeness (QED) is 0.375. The van der Waals surface area contributed by atoms with E-state index in [1.807, 2.05) is 32.0 Å². The first kappa shape index (κ1) is 20.7. The van der Waals surface area contributed by atoms with Crippen LogP contribution in [0.4, 0.5) is 0 Å². The van der Waals surface area contributed by atoms with Crippen molar-refractivity contribution in [2.75, 3.05) is 12.3 Å². The molecule has 30 heavy (non-hydrogen) atoms. The van der Waals surface area contributed by atoms with Gasteiger partial charge >= 0.3 is 0 Å². The lowest BCUT2D eigenvalue weighted by Crippen LogP contribution is -2.27. The second-order valence-corrected chi connectivity index (χ2v) is 9.51. The van der Waals surface area contributed by atoms with Gasteiger partial charge in [0.1, 0.15) is 4.83 Å². The van der Waals surface area contributed by atoms with E-state index in [9.17, 15) is 9.59 Å². The molecular weight excluding hydrogens is 414 g/mol. The summed E-state index contributed by atoms with van der Waals surface area (Å²) >= 11 is 2.89. The number of thiophene rings is 1. The van der Waals surface area contributed by atoms with E-state index in [-0.39, 0.29) is 23.8 Å². The SMILES string of the molecule is C#CCNC(=O)CSc1nc2sc3c(c2c(=O)n1-c1cc(C)ccc1C)CCCC3. The summed E-state index contributed by atoms with van der Waals surface area (Å²) in [5.41, 5.74) is 4.00. The van der Waals surface area contributed by atoms with Crippen LogP contribution < -0.4 is 10.9 Å². The number of carbonyl (C=O) groups excluding carboxylic acids is 1. The minimum atomic E-state index is -0.176. The van der Waals surface area contributed by atoms with Gasteiger partial charge in [0, 0.05) is 4.88 Å². The van der Waals surface area contributed by atoms with Crippen LogP contribution in [0.25, 0.3) is 15.9 Å². The molecule has 2 heterocycles. The summed E-state index contributed by atoms with van der Waals surface area (Å²) in [4.78, 5) is 32.8. The molecule has 0 spiro atoms. The van der Waals surface area contributed by atoms with Crippen molar-refractivity contribution in [3.8, 4) is 18.0 Å². The highest BCUT2D eigenvalue weighted by molar-refractivity contribution is 7.99. The van der Waals surface area contributed by atoms with Gasteiger partial charge < -0.3 is 5.32 Å². The Hall–Kier alpha value is -2.56. The maximum Gasteiger partial charge on any atom is 0.267 e. The van der Waals surface area contributed by atoms with E-state index in [0.29, 0.717) is 5.16 Å². The number of amides is 1. The number of thioether (sulfide) groups is 1. The fourth-order valence-electron chi connectivity index (χ4n) is 3.79. The zero-order chi connectivity index (χ0) is 21.3. The molecule has 5 nitrogen and oxygen atoms in total. The van der Waals surface area contributed by atoms with Gasteiger partial charge in [-0.1, -0.05) is 29.8 Å². The molecular formula is C23H23N3O2S2. The third-order valence-corrected chi connectivity index (χ3v) is 7.41. The smallest absolute Gasteiger partial charge is 0.267 e. The predicted molar refractivity (Wildman–Crippen MR) is 124 cm³/mol. The highest BCUT2D eigenvalue weighted by Gasteiger charge is 2.23. The summed E-state index contributed by atoms with van der Waals surface area (Å²) in [6.45, 7) is 4.18. The van der Waals surface area contributed by atoms with Gasteiger partial charge in [-0.15, -0.1) is 17.8 Å². The van der Waals surface area contributed by atoms with Crippen LogP contribution in [-0.2, 0) is 17.6 Å². The molecule has 2 aromatic heterocycles. The van der Waals surface area contributed by atoms with Gasteiger partial charge in [-0.2, -0.15) is 0 Å². The number of benzene rings is 1. The number of fused-ring (bicyclic) bond motifs is 3. The lowest BCUT2D eigenvalue weighted by Gasteiger charge is -2.15. The van der Waals surface area contributed by atoms with Gasteiger partial charge in [-0.25, -0.2) is 4.98 Å². The average molecular weight is 438 g/mol. The average Bonchev–Trinajstić information content (AvgIpc) is 3.11. The lowest BCUT2D eigenvalue weighted by atomic mass is 9.97. The number of rotatable bonds is 5. The van der Waals surface area contributed by atoms with E-state index < -0.39 is 0 Å². The van der Waals surface area contributed by atoms with Crippen LogP contribution in [0.3, 0.4) is 0 Å². The fourth-order valence-corrected chi connectivity index (χ4v) is 5.92. The first-order valence-electron chi connectivity index (χ1n) is 9.97. The fraction of sp³-hybridized carbons (Fsp3) is 0.348. The molecule has 1 amide bonds. The molecule has 0 saturated heterocycles. The Morgan fingerprint density at radius 2 is 2.13 bits per heavy atom. The topological polar surface area (TPSA) is 64.0 Å². The largest absolute Gasteiger partial charge is 0.344 e. The van der Waals surface area contributed by atoms with Crippen molar-refractivity contribution in [2.24, 2.45) is 0 Å². The number of nitrogens with one attached hydrogen (secondary N) is 1. The van der Waals surface area contributed by atoms with Gasteiger partial charge in [0.05, 0.1) is 23.4 Å². The Labute approximate surface area is 183 Å². The molecule has 0 saturated carbocycles. The molecule has 0 aliphatic heterocycles. The normalized spacial score (nSPS) is 13.1. The van der Waals surface area contributed by atoms with Gasteiger partial charge in [0.15, 0.2) is 5.16 Å². The summed E-state index contributed by atoms with van der Waals surface area (Å²) in [5, 5.41) is 3.95. The maximum atomic E-state index is 13.8. The molecule has 0 radical (unpaired) electrons. The summed E-state index contributed by atoms with van der Waals surface area (Å²) in [5.74, 6) is 2.37. The van der Waals surface area contributed by atoms with Crippen LogP contribution in [0.15, 0.2) is 28.2 Å². The molecule has 7 heteroatoms. The van der Waals surface area contributed by atoms with Crippen molar-refractivity contribution in [3.63, 3.8) is 0 Å². The number of aromatic nitrogens is 2. The zero-order valence-corrected chi connectivity index (χ0v) is 18.7. The molecule has 1 aromatic carbocycles. The van der Waals surface area contributed by atoms with Gasteiger partial charge in [-0.3, -0.25) is 14.2 Å². The minimum Gasteiger partial charge on any atom is -0.344 e. The van der Waals surface area contributed by atoms with E-state index >= 15 is 0 Å². The number of terminal acetylenes is 1. The Bertz CT molecular complexity index is 1230. The number of hydrogen-bond acceptors (Lipinski definition) is 5. The third kappa shape index (κ3) is 3.90.